The van der Waals surface area contributed by atoms with E-state index in [1.807, 2.05) is 6.07 Å². The van der Waals surface area contributed by atoms with Crippen LogP contribution >= 0.6 is 0 Å². The van der Waals surface area contributed by atoms with Crippen LogP contribution in [0.3, 0.4) is 0 Å². The average Bonchev–Trinajstić information content (AvgIpc) is 2.56. The smallest absolute Gasteiger partial charge is 0.211 e. The SMILES string of the molecule is O=C=Nc1cccc(C(N=C=O)c2ccccc2)c1N=C=O. The lowest BCUT2D eigenvalue weighted by atomic mass is 9.97. The molecule has 6 nitrogen and oxygen atoms in total. The minimum Gasteiger partial charge on any atom is -0.211 e. The Hall–Kier alpha value is -3.42. The van der Waals surface area contributed by atoms with Gasteiger partial charge in [0.15, 0.2) is 0 Å². The van der Waals surface area contributed by atoms with Crippen molar-refractivity contribution in [2.45, 2.75) is 6.04 Å². The largest absolute Gasteiger partial charge is 0.240 e. The predicted octanol–water partition coefficient (Wildman–Crippen LogP) is 3.05. The van der Waals surface area contributed by atoms with E-state index < -0.39 is 6.04 Å². The monoisotopic (exact) mass is 291 g/mol. The molecule has 0 aliphatic rings. The molecule has 0 N–H and O–H groups in total. The number of isocyanates is 3. The van der Waals surface area contributed by atoms with Gasteiger partial charge in [-0.15, -0.1) is 0 Å². The zero-order valence-corrected chi connectivity index (χ0v) is 11.3. The molecule has 1 unspecified atom stereocenters. The zero-order chi connectivity index (χ0) is 15.8. The maximum absolute atomic E-state index is 10.8. The van der Waals surface area contributed by atoms with Crippen molar-refractivity contribution in [1.29, 1.82) is 0 Å². The maximum Gasteiger partial charge on any atom is 0.240 e. The fraction of sp³-hybridized carbons (Fsp3) is 0.0625. The van der Waals surface area contributed by atoms with E-state index in [0.29, 0.717) is 11.1 Å². The van der Waals surface area contributed by atoms with Crippen molar-refractivity contribution in [3.05, 3.63) is 59.7 Å². The van der Waals surface area contributed by atoms with Gasteiger partial charge in [-0.2, -0.15) is 15.0 Å². The van der Waals surface area contributed by atoms with E-state index in [2.05, 4.69) is 15.0 Å². The Balaban J connectivity index is 2.72. The molecule has 22 heavy (non-hydrogen) atoms. The van der Waals surface area contributed by atoms with E-state index in [9.17, 15) is 14.4 Å². The standard InChI is InChI=1S/C16H9N3O3/c20-9-17-14-8-4-7-13(16(14)19-11-22)15(18-10-21)12-5-2-1-3-6-12/h1-8,15H. The molecule has 0 aliphatic carbocycles. The van der Waals surface area contributed by atoms with Gasteiger partial charge in [0.05, 0.1) is 0 Å². The van der Waals surface area contributed by atoms with E-state index in [-0.39, 0.29) is 11.4 Å². The molecular weight excluding hydrogens is 282 g/mol. The van der Waals surface area contributed by atoms with E-state index in [1.54, 1.807) is 36.4 Å². The summed E-state index contributed by atoms with van der Waals surface area (Å²) in [6.45, 7) is 0. The number of nitrogens with zero attached hydrogens (tertiary/aromatic N) is 3. The number of hydrogen-bond acceptors (Lipinski definition) is 6. The summed E-state index contributed by atoms with van der Waals surface area (Å²) >= 11 is 0. The Kier molecular flexibility index (Phi) is 5.03. The molecule has 106 valence electrons. The van der Waals surface area contributed by atoms with Gasteiger partial charge >= 0.3 is 0 Å². The van der Waals surface area contributed by atoms with Crippen molar-refractivity contribution in [1.82, 2.24) is 0 Å². The highest BCUT2D eigenvalue weighted by atomic mass is 16.1. The number of hydrogen-bond donors (Lipinski definition) is 0. The quantitative estimate of drug-likeness (QED) is 0.626. The molecule has 2 aromatic carbocycles. The molecule has 6 heteroatoms. The number of aliphatic imine (C=N–C) groups is 3. The third-order valence-electron chi connectivity index (χ3n) is 2.96. The summed E-state index contributed by atoms with van der Waals surface area (Å²) in [5, 5.41) is 0. The average molecular weight is 291 g/mol. The topological polar surface area (TPSA) is 88.3 Å². The molecular formula is C16H9N3O3. The van der Waals surface area contributed by atoms with Crippen molar-refractivity contribution < 1.29 is 14.4 Å². The molecule has 0 saturated heterocycles. The van der Waals surface area contributed by atoms with Gasteiger partial charge in [-0.25, -0.2) is 14.4 Å². The molecule has 0 aliphatic heterocycles. The summed E-state index contributed by atoms with van der Waals surface area (Å²) in [7, 11) is 0. The third-order valence-corrected chi connectivity index (χ3v) is 2.96. The fourth-order valence-electron chi connectivity index (χ4n) is 2.09. The summed E-state index contributed by atoms with van der Waals surface area (Å²) in [6.07, 6.45) is 4.33. The van der Waals surface area contributed by atoms with Crippen LogP contribution in [0.5, 0.6) is 0 Å². The van der Waals surface area contributed by atoms with Gasteiger partial charge in [-0.05, 0) is 11.6 Å². The Morgan fingerprint density at radius 2 is 1.50 bits per heavy atom. The van der Waals surface area contributed by atoms with Crippen molar-refractivity contribution in [3.8, 4) is 0 Å². The van der Waals surface area contributed by atoms with Crippen LogP contribution < -0.4 is 0 Å². The highest BCUT2D eigenvalue weighted by Crippen LogP contribution is 2.38. The molecule has 0 saturated carbocycles. The van der Waals surface area contributed by atoms with Crippen LogP contribution in [0.15, 0.2) is 63.5 Å². The lowest BCUT2D eigenvalue weighted by Crippen LogP contribution is -1.98. The van der Waals surface area contributed by atoms with Crippen LogP contribution in [0.2, 0.25) is 0 Å². The first-order chi connectivity index (χ1) is 10.8. The molecule has 0 aromatic heterocycles. The number of benzene rings is 2. The summed E-state index contributed by atoms with van der Waals surface area (Å²) in [5.74, 6) is 0. The zero-order valence-electron chi connectivity index (χ0n) is 11.3. The highest BCUT2D eigenvalue weighted by Gasteiger charge is 2.19. The number of carbonyl (C=O) groups excluding carboxylic acids is 3. The molecule has 2 rings (SSSR count). The second-order valence-electron chi connectivity index (χ2n) is 4.15. The molecule has 1 atom stereocenters. The van der Waals surface area contributed by atoms with Gasteiger partial charge in [-0.1, -0.05) is 42.5 Å². The minimum absolute atomic E-state index is 0.119. The van der Waals surface area contributed by atoms with E-state index in [1.165, 1.54) is 24.3 Å². The Bertz CT molecular complexity index is 814. The van der Waals surface area contributed by atoms with Gasteiger partial charge in [0.2, 0.25) is 18.2 Å². The number of rotatable bonds is 5. The molecule has 0 spiro atoms. The molecule has 0 amide bonds. The van der Waals surface area contributed by atoms with Crippen LogP contribution in [0.1, 0.15) is 17.2 Å². The van der Waals surface area contributed by atoms with Crippen LogP contribution in [-0.2, 0) is 14.4 Å². The van der Waals surface area contributed by atoms with Gasteiger partial charge in [-0.3, -0.25) is 0 Å². The molecule has 0 radical (unpaired) electrons. The predicted molar refractivity (Wildman–Crippen MR) is 78.4 cm³/mol. The lowest BCUT2D eigenvalue weighted by molar-refractivity contribution is 0.560. The molecule has 2 aromatic rings. The lowest BCUT2D eigenvalue weighted by Gasteiger charge is -2.14. The molecule has 0 bridgehead atoms. The van der Waals surface area contributed by atoms with E-state index >= 15 is 0 Å². The summed E-state index contributed by atoms with van der Waals surface area (Å²) in [4.78, 5) is 42.8. The third kappa shape index (κ3) is 3.18. The first-order valence-electron chi connectivity index (χ1n) is 6.22. The Morgan fingerprint density at radius 3 is 2.14 bits per heavy atom. The van der Waals surface area contributed by atoms with Gasteiger partial charge < -0.3 is 0 Å². The first-order valence-corrected chi connectivity index (χ1v) is 6.22. The molecule has 0 fully saturated rings. The second-order valence-corrected chi connectivity index (χ2v) is 4.15. The first kappa shape index (κ1) is 15.0. The van der Waals surface area contributed by atoms with Gasteiger partial charge in [0.25, 0.3) is 0 Å². The van der Waals surface area contributed by atoms with Crippen LogP contribution in [0, 0.1) is 0 Å². The summed E-state index contributed by atoms with van der Waals surface area (Å²) < 4.78 is 0. The van der Waals surface area contributed by atoms with E-state index in [0.717, 1.165) is 0 Å². The van der Waals surface area contributed by atoms with Crippen LogP contribution in [0.25, 0.3) is 0 Å². The Labute approximate surface area is 125 Å². The Morgan fingerprint density at radius 1 is 0.773 bits per heavy atom. The summed E-state index contributed by atoms with van der Waals surface area (Å²) in [6, 6.07) is 13.0. The van der Waals surface area contributed by atoms with E-state index in [4.69, 9.17) is 0 Å². The highest BCUT2D eigenvalue weighted by molar-refractivity contribution is 5.73. The van der Waals surface area contributed by atoms with Gasteiger partial charge in [0, 0.05) is 5.56 Å². The second kappa shape index (κ2) is 7.39. The minimum atomic E-state index is -0.715. The number of para-hydroxylation sites is 1. The van der Waals surface area contributed by atoms with Gasteiger partial charge in [0.1, 0.15) is 17.4 Å². The van der Waals surface area contributed by atoms with Crippen molar-refractivity contribution in [2.75, 3.05) is 0 Å². The van der Waals surface area contributed by atoms with Crippen molar-refractivity contribution in [3.63, 3.8) is 0 Å². The van der Waals surface area contributed by atoms with Crippen molar-refractivity contribution in [2.24, 2.45) is 15.0 Å². The maximum atomic E-state index is 10.8. The molecule has 0 heterocycles. The summed E-state index contributed by atoms with van der Waals surface area (Å²) in [5.41, 5.74) is 1.42. The normalized spacial score (nSPS) is 10.5. The van der Waals surface area contributed by atoms with Crippen molar-refractivity contribution >= 4 is 29.6 Å². The van der Waals surface area contributed by atoms with Crippen LogP contribution in [-0.4, -0.2) is 18.2 Å². The van der Waals surface area contributed by atoms with Crippen LogP contribution in [0.4, 0.5) is 11.4 Å². The fourth-order valence-corrected chi connectivity index (χ4v) is 2.09.